The minimum atomic E-state index is -2.85. The van der Waals surface area contributed by atoms with Gasteiger partial charge in [-0.25, -0.2) is 17.2 Å². The number of aryl methyl sites for hydroxylation is 1. The monoisotopic (exact) mass is 455 g/mol. The first-order valence-electron chi connectivity index (χ1n) is 10.5. The van der Waals surface area contributed by atoms with Crippen molar-refractivity contribution >= 4 is 21.2 Å². The molecular formula is C24H23F2N3O2S. The van der Waals surface area contributed by atoms with Crippen molar-refractivity contribution in [2.45, 2.75) is 25.9 Å². The number of nitrogens with one attached hydrogen (secondary N) is 1. The molecule has 5 nitrogen and oxygen atoms in total. The fourth-order valence-corrected chi connectivity index (χ4v) is 6.03. The summed E-state index contributed by atoms with van der Waals surface area (Å²) in [5.41, 5.74) is 5.73. The van der Waals surface area contributed by atoms with Crippen LogP contribution in [0.25, 0.3) is 11.3 Å². The lowest BCUT2D eigenvalue weighted by Gasteiger charge is -2.40. The second-order valence-electron chi connectivity index (χ2n) is 8.53. The van der Waals surface area contributed by atoms with Crippen molar-refractivity contribution in [3.8, 4) is 11.3 Å². The quantitative estimate of drug-likeness (QED) is 0.638. The van der Waals surface area contributed by atoms with E-state index in [0.717, 1.165) is 48.7 Å². The molecule has 0 bridgehead atoms. The van der Waals surface area contributed by atoms with Gasteiger partial charge in [-0.15, -0.1) is 0 Å². The molecule has 8 heteroatoms. The summed E-state index contributed by atoms with van der Waals surface area (Å²) < 4.78 is 50.7. The lowest BCUT2D eigenvalue weighted by Crippen LogP contribution is -2.54. The fraction of sp³-hybridized carbons (Fsp3) is 0.292. The molecule has 32 heavy (non-hydrogen) atoms. The van der Waals surface area contributed by atoms with Crippen molar-refractivity contribution in [3.05, 3.63) is 77.0 Å². The van der Waals surface area contributed by atoms with Crippen LogP contribution in [-0.2, 0) is 22.8 Å². The molecule has 2 aliphatic rings. The van der Waals surface area contributed by atoms with Crippen LogP contribution < -0.4 is 5.32 Å². The summed E-state index contributed by atoms with van der Waals surface area (Å²) in [7, 11) is -2.85. The summed E-state index contributed by atoms with van der Waals surface area (Å²) in [5, 5.41) is 3.45. The van der Waals surface area contributed by atoms with Crippen LogP contribution in [-0.4, -0.2) is 42.4 Å². The molecule has 0 aliphatic carbocycles. The minimum Gasteiger partial charge on any atom is -0.355 e. The number of halogens is 2. The number of aromatic nitrogens is 1. The van der Waals surface area contributed by atoms with Gasteiger partial charge in [0, 0.05) is 42.1 Å². The van der Waals surface area contributed by atoms with Crippen LogP contribution >= 0.6 is 0 Å². The molecule has 3 aromatic rings. The number of sulfone groups is 1. The first-order chi connectivity index (χ1) is 15.3. The second-order valence-corrected chi connectivity index (χ2v) is 10.7. The number of pyridine rings is 1. The van der Waals surface area contributed by atoms with Crippen molar-refractivity contribution in [3.63, 3.8) is 0 Å². The highest BCUT2D eigenvalue weighted by atomic mass is 32.2. The van der Waals surface area contributed by atoms with Gasteiger partial charge in [-0.1, -0.05) is 18.2 Å². The minimum absolute atomic E-state index is 0.113. The third-order valence-electron chi connectivity index (χ3n) is 6.28. The number of anilines is 2. The van der Waals surface area contributed by atoms with Gasteiger partial charge in [0.2, 0.25) is 0 Å². The summed E-state index contributed by atoms with van der Waals surface area (Å²) in [4.78, 5) is 6.20. The van der Waals surface area contributed by atoms with E-state index in [-0.39, 0.29) is 23.2 Å². The molecule has 0 radical (unpaired) electrons. The Balaban J connectivity index is 1.40. The fourth-order valence-electron chi connectivity index (χ4n) is 4.53. The van der Waals surface area contributed by atoms with Crippen molar-refractivity contribution in [1.82, 2.24) is 9.88 Å². The van der Waals surface area contributed by atoms with E-state index < -0.39 is 21.5 Å². The van der Waals surface area contributed by atoms with Crippen molar-refractivity contribution in [2.75, 3.05) is 23.4 Å². The molecule has 5 rings (SSSR count). The molecule has 3 heterocycles. The van der Waals surface area contributed by atoms with E-state index in [4.69, 9.17) is 0 Å². The van der Waals surface area contributed by atoms with Crippen LogP contribution in [0.5, 0.6) is 0 Å². The van der Waals surface area contributed by atoms with E-state index in [0.29, 0.717) is 5.56 Å². The van der Waals surface area contributed by atoms with Crippen LogP contribution in [0.4, 0.5) is 20.2 Å². The Bertz CT molecular complexity index is 1300. The lowest BCUT2D eigenvalue weighted by molar-refractivity contribution is 0.196. The molecule has 0 saturated carbocycles. The van der Waals surface area contributed by atoms with Crippen molar-refractivity contribution in [1.29, 1.82) is 0 Å². The van der Waals surface area contributed by atoms with Gasteiger partial charge < -0.3 is 5.32 Å². The SMILES string of the molecule is Cc1ccc(Nc2cccc3c2CCN(C2CS(=O)(=O)C2)C3)cc1-c1ncc(F)cc1F. The third-order valence-corrected chi connectivity index (χ3v) is 8.07. The van der Waals surface area contributed by atoms with Gasteiger partial charge >= 0.3 is 0 Å². The first kappa shape index (κ1) is 21.0. The zero-order chi connectivity index (χ0) is 22.5. The number of hydrogen-bond donors (Lipinski definition) is 1. The van der Waals surface area contributed by atoms with Crippen molar-refractivity contribution in [2.24, 2.45) is 0 Å². The topological polar surface area (TPSA) is 62.3 Å². The Morgan fingerprint density at radius 2 is 1.94 bits per heavy atom. The Morgan fingerprint density at radius 1 is 1.12 bits per heavy atom. The summed E-state index contributed by atoms with van der Waals surface area (Å²) in [5.74, 6) is -0.899. The Labute approximate surface area is 186 Å². The maximum atomic E-state index is 14.3. The molecule has 1 saturated heterocycles. The largest absolute Gasteiger partial charge is 0.355 e. The number of fused-ring (bicyclic) bond motifs is 1. The van der Waals surface area contributed by atoms with Gasteiger partial charge in [-0.05, 0) is 48.2 Å². The van der Waals surface area contributed by atoms with Gasteiger partial charge in [0.05, 0.1) is 17.7 Å². The zero-order valence-corrected chi connectivity index (χ0v) is 18.4. The number of rotatable bonds is 4. The third kappa shape index (κ3) is 4.00. The molecular weight excluding hydrogens is 432 g/mol. The zero-order valence-electron chi connectivity index (χ0n) is 17.6. The lowest BCUT2D eigenvalue weighted by atomic mass is 9.96. The molecule has 2 aliphatic heterocycles. The standard InChI is InChI=1S/C24H23F2N3O2S/c1-15-5-6-18(10-21(15)24-22(26)9-17(25)11-27-24)28-23-4-2-3-16-12-29(8-7-20(16)23)19-13-32(30,31)14-19/h2-6,9-11,19,28H,7-8,12-14H2,1H3. The smallest absolute Gasteiger partial charge is 0.153 e. The summed E-state index contributed by atoms with van der Waals surface area (Å²) in [6.07, 6.45) is 1.84. The molecule has 0 unspecified atom stereocenters. The maximum Gasteiger partial charge on any atom is 0.153 e. The molecule has 1 N–H and O–H groups in total. The Kier molecular flexibility index (Phi) is 5.22. The number of nitrogens with zero attached hydrogens (tertiary/aromatic N) is 2. The highest BCUT2D eigenvalue weighted by Crippen LogP contribution is 2.33. The highest BCUT2D eigenvalue weighted by molar-refractivity contribution is 7.92. The van der Waals surface area contributed by atoms with Gasteiger partial charge in [0.1, 0.15) is 11.5 Å². The molecule has 1 aromatic heterocycles. The van der Waals surface area contributed by atoms with Crippen LogP contribution in [0.15, 0.2) is 48.7 Å². The summed E-state index contributed by atoms with van der Waals surface area (Å²) >= 11 is 0. The average Bonchev–Trinajstić information content (AvgIpc) is 2.73. The predicted molar refractivity (Wildman–Crippen MR) is 121 cm³/mol. The Hall–Kier alpha value is -2.84. The number of benzene rings is 2. The molecule has 0 spiro atoms. The van der Waals surface area contributed by atoms with Crippen molar-refractivity contribution < 1.29 is 17.2 Å². The van der Waals surface area contributed by atoms with E-state index in [9.17, 15) is 17.2 Å². The van der Waals surface area contributed by atoms with Gasteiger partial charge in [-0.2, -0.15) is 0 Å². The normalized spacial score (nSPS) is 18.1. The molecule has 166 valence electrons. The summed E-state index contributed by atoms with van der Waals surface area (Å²) in [6, 6.07) is 12.7. The molecule has 0 atom stereocenters. The van der Waals surface area contributed by atoms with E-state index in [2.05, 4.69) is 21.3 Å². The maximum absolute atomic E-state index is 14.3. The van der Waals surface area contributed by atoms with E-state index in [1.165, 1.54) is 11.1 Å². The van der Waals surface area contributed by atoms with E-state index in [1.807, 2.05) is 37.3 Å². The highest BCUT2D eigenvalue weighted by Gasteiger charge is 2.38. The molecule has 0 amide bonds. The van der Waals surface area contributed by atoms with E-state index in [1.54, 1.807) is 0 Å². The summed E-state index contributed by atoms with van der Waals surface area (Å²) in [6.45, 7) is 3.41. The molecule has 2 aromatic carbocycles. The predicted octanol–water partition coefficient (Wildman–Crippen LogP) is 4.23. The van der Waals surface area contributed by atoms with Crippen LogP contribution in [0.1, 0.15) is 16.7 Å². The van der Waals surface area contributed by atoms with Crippen LogP contribution in [0.2, 0.25) is 0 Å². The van der Waals surface area contributed by atoms with Crippen LogP contribution in [0.3, 0.4) is 0 Å². The van der Waals surface area contributed by atoms with E-state index >= 15 is 0 Å². The number of hydrogen-bond acceptors (Lipinski definition) is 5. The average molecular weight is 456 g/mol. The second kappa shape index (κ2) is 7.94. The van der Waals surface area contributed by atoms with Crippen LogP contribution in [0, 0.1) is 18.6 Å². The Morgan fingerprint density at radius 3 is 2.69 bits per heavy atom. The van der Waals surface area contributed by atoms with Gasteiger partial charge in [0.25, 0.3) is 0 Å². The molecule has 1 fully saturated rings. The first-order valence-corrected chi connectivity index (χ1v) is 12.4. The van der Waals surface area contributed by atoms with Gasteiger partial charge in [-0.3, -0.25) is 9.88 Å². The van der Waals surface area contributed by atoms with Gasteiger partial charge in [0.15, 0.2) is 15.7 Å².